The van der Waals surface area contributed by atoms with Crippen LogP contribution in [0.1, 0.15) is 57.1 Å². The molecule has 0 saturated carbocycles. The van der Waals surface area contributed by atoms with E-state index in [1.165, 1.54) is 0 Å². The molecule has 0 unspecified atom stereocenters. The van der Waals surface area contributed by atoms with Crippen molar-refractivity contribution in [3.8, 4) is 11.5 Å². The number of benzene rings is 2. The van der Waals surface area contributed by atoms with Gasteiger partial charge in [0.1, 0.15) is 0 Å². The van der Waals surface area contributed by atoms with Gasteiger partial charge in [0.25, 0.3) is 5.56 Å². The normalized spacial score (nSPS) is 14.1. The monoisotopic (exact) mass is 474 g/mol. The largest absolute Gasteiger partial charge is 0.454 e. The van der Waals surface area contributed by atoms with E-state index >= 15 is 0 Å². The molecule has 4 aromatic rings. The maximum atomic E-state index is 13.1. The minimum Gasteiger partial charge on any atom is -0.454 e. The molecule has 1 aliphatic rings. The summed E-state index contributed by atoms with van der Waals surface area (Å²) in [4.78, 5) is 18.4. The maximum absolute atomic E-state index is 13.1. The first kappa shape index (κ1) is 23.0. The third kappa shape index (κ3) is 4.64. The zero-order valence-corrected chi connectivity index (χ0v) is 20.5. The third-order valence-corrected chi connectivity index (χ3v) is 6.27. The molecule has 1 N–H and O–H groups in total. The van der Waals surface area contributed by atoms with E-state index in [4.69, 9.17) is 9.47 Å². The van der Waals surface area contributed by atoms with Crippen molar-refractivity contribution >= 4 is 10.9 Å². The summed E-state index contributed by atoms with van der Waals surface area (Å²) in [6.45, 7) is 9.64. The summed E-state index contributed by atoms with van der Waals surface area (Å²) in [5.41, 5.74) is 2.15. The topological polar surface area (TPSA) is 98.2 Å². The van der Waals surface area contributed by atoms with Crippen LogP contribution in [0.25, 0.3) is 10.9 Å². The molecule has 0 bridgehead atoms. The van der Waals surface area contributed by atoms with Gasteiger partial charge in [-0.3, -0.25) is 9.69 Å². The summed E-state index contributed by atoms with van der Waals surface area (Å²) in [6, 6.07) is 15.8. The van der Waals surface area contributed by atoms with Crippen LogP contribution < -0.4 is 15.0 Å². The Morgan fingerprint density at radius 3 is 2.54 bits per heavy atom. The molecule has 0 amide bonds. The Hall–Kier alpha value is -3.72. The molecular formula is C26H30N6O3. The van der Waals surface area contributed by atoms with Crippen LogP contribution in [0.15, 0.2) is 53.3 Å². The summed E-state index contributed by atoms with van der Waals surface area (Å²) >= 11 is 0. The molecule has 35 heavy (non-hydrogen) atoms. The van der Waals surface area contributed by atoms with Crippen molar-refractivity contribution in [2.45, 2.75) is 58.8 Å². The van der Waals surface area contributed by atoms with Crippen LogP contribution in [0.5, 0.6) is 11.5 Å². The van der Waals surface area contributed by atoms with Gasteiger partial charge >= 0.3 is 0 Å². The van der Waals surface area contributed by atoms with Gasteiger partial charge in [0.15, 0.2) is 17.3 Å². The smallest absolute Gasteiger partial charge is 0.252 e. The zero-order valence-electron chi connectivity index (χ0n) is 20.5. The number of nitrogens with one attached hydrogen (secondary N) is 1. The molecule has 2 aromatic heterocycles. The summed E-state index contributed by atoms with van der Waals surface area (Å²) in [5.74, 6) is 2.12. The van der Waals surface area contributed by atoms with Crippen molar-refractivity contribution in [1.82, 2.24) is 30.1 Å². The minimum atomic E-state index is -0.270. The van der Waals surface area contributed by atoms with Gasteiger partial charge in [-0.25, -0.2) is 4.68 Å². The van der Waals surface area contributed by atoms with E-state index in [9.17, 15) is 4.79 Å². The molecule has 0 spiro atoms. The predicted molar refractivity (Wildman–Crippen MR) is 132 cm³/mol. The first-order valence-electron chi connectivity index (χ1n) is 11.9. The highest BCUT2D eigenvalue weighted by Gasteiger charge is 2.30. The van der Waals surface area contributed by atoms with Crippen molar-refractivity contribution in [3.63, 3.8) is 0 Å². The molecule has 3 heterocycles. The van der Waals surface area contributed by atoms with Crippen LogP contribution in [0.3, 0.4) is 0 Å². The van der Waals surface area contributed by atoms with Gasteiger partial charge in [-0.1, -0.05) is 37.3 Å². The molecule has 0 saturated heterocycles. The van der Waals surface area contributed by atoms with Gasteiger partial charge in [0.2, 0.25) is 6.79 Å². The Kier molecular flexibility index (Phi) is 6.02. The molecule has 5 rings (SSSR count). The number of ether oxygens (including phenoxy) is 2. The second-order valence-electron chi connectivity index (χ2n) is 9.85. The van der Waals surface area contributed by atoms with Crippen molar-refractivity contribution < 1.29 is 9.47 Å². The van der Waals surface area contributed by atoms with Crippen molar-refractivity contribution in [2.24, 2.45) is 0 Å². The lowest BCUT2D eigenvalue weighted by molar-refractivity contribution is 0.153. The SMILES string of the molecule is CC[C@H](c1nnnn1C(C)(C)C)N(Cc1ccccc1)Cc1cc2cc3c(cc2[nH]c1=O)OCO3. The molecule has 2 aromatic carbocycles. The number of pyridine rings is 1. The number of hydrogen-bond donors (Lipinski definition) is 1. The zero-order chi connectivity index (χ0) is 24.6. The lowest BCUT2D eigenvalue weighted by atomic mass is 10.0. The van der Waals surface area contributed by atoms with E-state index in [1.807, 2.05) is 41.1 Å². The van der Waals surface area contributed by atoms with Gasteiger partial charge in [-0.2, -0.15) is 0 Å². The first-order valence-corrected chi connectivity index (χ1v) is 11.9. The second-order valence-corrected chi connectivity index (χ2v) is 9.85. The fraction of sp³-hybridized carbons (Fsp3) is 0.385. The number of aromatic amines is 1. The van der Waals surface area contributed by atoms with E-state index in [-0.39, 0.29) is 23.9 Å². The second kappa shape index (κ2) is 9.14. The van der Waals surface area contributed by atoms with Crippen molar-refractivity contribution in [1.29, 1.82) is 0 Å². The molecule has 9 nitrogen and oxygen atoms in total. The summed E-state index contributed by atoms with van der Waals surface area (Å²) < 4.78 is 12.9. The number of rotatable bonds is 7. The Morgan fingerprint density at radius 2 is 1.83 bits per heavy atom. The molecular weight excluding hydrogens is 444 g/mol. The van der Waals surface area contributed by atoms with Crippen LogP contribution in [-0.2, 0) is 18.6 Å². The van der Waals surface area contributed by atoms with Crippen LogP contribution in [-0.4, -0.2) is 36.9 Å². The number of aromatic nitrogens is 5. The van der Waals surface area contributed by atoms with E-state index in [0.717, 1.165) is 28.7 Å². The molecule has 182 valence electrons. The van der Waals surface area contributed by atoms with Crippen molar-refractivity contribution in [2.75, 3.05) is 6.79 Å². The van der Waals surface area contributed by atoms with E-state index in [2.05, 4.69) is 65.2 Å². The fourth-order valence-corrected chi connectivity index (χ4v) is 4.56. The summed E-state index contributed by atoms with van der Waals surface area (Å²) in [6.07, 6.45) is 0.785. The number of H-pyrrole nitrogens is 1. The first-order chi connectivity index (χ1) is 16.8. The lowest BCUT2D eigenvalue weighted by Crippen LogP contribution is -2.35. The highest BCUT2D eigenvalue weighted by Crippen LogP contribution is 2.35. The van der Waals surface area contributed by atoms with Crippen LogP contribution in [0.4, 0.5) is 0 Å². The Bertz CT molecular complexity index is 1390. The van der Waals surface area contributed by atoms with E-state index in [1.54, 1.807) is 0 Å². The number of tetrazole rings is 1. The van der Waals surface area contributed by atoms with Gasteiger partial charge in [-0.15, -0.1) is 5.10 Å². The van der Waals surface area contributed by atoms with Crippen LogP contribution >= 0.6 is 0 Å². The average Bonchev–Trinajstić information content (AvgIpc) is 3.49. The molecule has 1 aliphatic heterocycles. The number of hydrogen-bond acceptors (Lipinski definition) is 7. The standard InChI is InChI=1S/C26H30N6O3/c1-5-21(24-28-29-30-32(24)26(2,3)4)31(14-17-9-7-6-8-10-17)15-19-11-18-12-22-23(35-16-34-22)13-20(18)27-25(19)33/h6-13,21H,5,14-16H2,1-4H3,(H,27,33)/t21-/m1/s1. The van der Waals surface area contributed by atoms with Crippen LogP contribution in [0.2, 0.25) is 0 Å². The average molecular weight is 475 g/mol. The maximum Gasteiger partial charge on any atom is 0.252 e. The van der Waals surface area contributed by atoms with E-state index in [0.29, 0.717) is 30.2 Å². The molecule has 9 heteroatoms. The number of fused-ring (bicyclic) bond motifs is 2. The Balaban J connectivity index is 1.55. The van der Waals surface area contributed by atoms with E-state index < -0.39 is 0 Å². The Morgan fingerprint density at radius 1 is 1.09 bits per heavy atom. The molecule has 1 atom stereocenters. The summed E-state index contributed by atoms with van der Waals surface area (Å²) in [7, 11) is 0. The van der Waals surface area contributed by atoms with Gasteiger partial charge in [-0.05, 0) is 55.3 Å². The fourth-order valence-electron chi connectivity index (χ4n) is 4.56. The van der Waals surface area contributed by atoms with Gasteiger partial charge in [0, 0.05) is 30.1 Å². The van der Waals surface area contributed by atoms with Gasteiger partial charge < -0.3 is 14.5 Å². The quantitative estimate of drug-likeness (QED) is 0.430. The molecule has 0 radical (unpaired) electrons. The summed E-state index contributed by atoms with van der Waals surface area (Å²) in [5, 5.41) is 13.6. The van der Waals surface area contributed by atoms with Crippen molar-refractivity contribution in [3.05, 3.63) is 75.8 Å². The van der Waals surface area contributed by atoms with Gasteiger partial charge in [0.05, 0.1) is 17.1 Å². The lowest BCUT2D eigenvalue weighted by Gasteiger charge is -2.32. The Labute approximate surface area is 203 Å². The predicted octanol–water partition coefficient (Wildman–Crippen LogP) is 4.15. The molecule has 0 aliphatic carbocycles. The third-order valence-electron chi connectivity index (χ3n) is 6.27. The highest BCUT2D eigenvalue weighted by molar-refractivity contribution is 5.83. The van der Waals surface area contributed by atoms with Crippen LogP contribution in [0, 0.1) is 0 Å². The molecule has 0 fully saturated rings. The minimum absolute atomic E-state index is 0.0868. The highest BCUT2D eigenvalue weighted by atomic mass is 16.7. The number of nitrogens with zero attached hydrogens (tertiary/aromatic N) is 5.